The van der Waals surface area contributed by atoms with Crippen LogP contribution in [0.15, 0.2) is 12.4 Å². The predicted octanol–water partition coefficient (Wildman–Crippen LogP) is 1.83. The normalized spacial score (nSPS) is 27.7. The van der Waals surface area contributed by atoms with Crippen molar-refractivity contribution in [3.8, 4) is 0 Å². The molecule has 2 fully saturated rings. The molecule has 1 aromatic rings. The van der Waals surface area contributed by atoms with Crippen LogP contribution in [0.5, 0.6) is 0 Å². The lowest BCUT2D eigenvalue weighted by molar-refractivity contribution is -0.150. The number of carbonyl (C=O) groups excluding carboxylic acids is 1. The third-order valence-electron chi connectivity index (χ3n) is 4.98. The number of rotatable bonds is 4. The predicted molar refractivity (Wildman–Crippen MR) is 80.2 cm³/mol. The molecule has 2 heterocycles. The van der Waals surface area contributed by atoms with Gasteiger partial charge in [0, 0.05) is 25.2 Å². The lowest BCUT2D eigenvalue weighted by Gasteiger charge is -2.33. The highest BCUT2D eigenvalue weighted by atomic mass is 16.4. The maximum absolute atomic E-state index is 12.6. The molecule has 1 amide bonds. The van der Waals surface area contributed by atoms with Gasteiger partial charge in [-0.05, 0) is 37.7 Å². The van der Waals surface area contributed by atoms with Crippen LogP contribution < -0.4 is 0 Å². The number of carbonyl (C=O) groups is 2. The van der Waals surface area contributed by atoms with Crippen molar-refractivity contribution in [2.75, 3.05) is 0 Å². The molecule has 0 aromatic carbocycles. The van der Waals surface area contributed by atoms with Gasteiger partial charge in [-0.3, -0.25) is 9.48 Å². The second kappa shape index (κ2) is 6.10. The van der Waals surface area contributed by atoms with E-state index < -0.39 is 12.0 Å². The van der Waals surface area contributed by atoms with E-state index in [0.29, 0.717) is 25.3 Å². The number of hydrogen-bond acceptors (Lipinski definition) is 3. The van der Waals surface area contributed by atoms with Crippen LogP contribution in [0.4, 0.5) is 0 Å². The lowest BCUT2D eigenvalue weighted by atomic mass is 9.84. The zero-order chi connectivity index (χ0) is 15.7. The summed E-state index contributed by atoms with van der Waals surface area (Å²) in [5, 5.41) is 13.6. The van der Waals surface area contributed by atoms with Crippen molar-refractivity contribution in [3.05, 3.63) is 18.0 Å². The molecular weight excluding hydrogens is 282 g/mol. The Balaban J connectivity index is 1.69. The Morgan fingerprint density at radius 3 is 2.82 bits per heavy atom. The molecule has 1 saturated carbocycles. The molecule has 120 valence electrons. The maximum Gasteiger partial charge on any atom is 0.326 e. The number of nitrogens with zero attached hydrogens (tertiary/aromatic N) is 3. The van der Waals surface area contributed by atoms with Gasteiger partial charge in [-0.2, -0.15) is 5.10 Å². The molecule has 3 atom stereocenters. The molecule has 0 unspecified atom stereocenters. The van der Waals surface area contributed by atoms with E-state index in [1.165, 1.54) is 0 Å². The zero-order valence-corrected chi connectivity index (χ0v) is 12.9. The number of aliphatic carboxylic acids is 1. The fourth-order valence-corrected chi connectivity index (χ4v) is 3.97. The van der Waals surface area contributed by atoms with Gasteiger partial charge in [0.15, 0.2) is 0 Å². The van der Waals surface area contributed by atoms with E-state index in [4.69, 9.17) is 0 Å². The molecule has 1 aliphatic heterocycles. The second-order valence-electron chi connectivity index (χ2n) is 6.53. The number of carboxylic acid groups (broad SMARTS) is 1. The van der Waals surface area contributed by atoms with Gasteiger partial charge in [0.2, 0.25) is 5.91 Å². The summed E-state index contributed by atoms with van der Waals surface area (Å²) in [4.78, 5) is 25.8. The van der Waals surface area contributed by atoms with Crippen LogP contribution in [-0.2, 0) is 16.1 Å². The minimum atomic E-state index is -0.863. The van der Waals surface area contributed by atoms with E-state index in [9.17, 15) is 14.7 Å². The fourth-order valence-electron chi connectivity index (χ4n) is 3.97. The van der Waals surface area contributed by atoms with Gasteiger partial charge in [-0.15, -0.1) is 0 Å². The zero-order valence-electron chi connectivity index (χ0n) is 12.9. The first kappa shape index (κ1) is 15.1. The van der Waals surface area contributed by atoms with Crippen molar-refractivity contribution < 1.29 is 14.7 Å². The Morgan fingerprint density at radius 1 is 1.36 bits per heavy atom. The summed E-state index contributed by atoms with van der Waals surface area (Å²) < 4.78 is 1.75. The Bertz CT molecular complexity index is 569. The standard InChI is InChI=1S/C16H23N3O3/c1-11-9-17-18(10-11)7-6-15(20)19-13-5-3-2-4-12(13)8-14(19)16(21)22/h9-10,12-14H,2-8H2,1H3,(H,21,22)/t12-,13+,14-/m0/s1. The smallest absolute Gasteiger partial charge is 0.326 e. The summed E-state index contributed by atoms with van der Waals surface area (Å²) in [6, 6.07) is -0.512. The average Bonchev–Trinajstić information content (AvgIpc) is 3.08. The number of fused-ring (bicyclic) bond motifs is 1. The molecule has 0 bridgehead atoms. The van der Waals surface area contributed by atoms with Crippen molar-refractivity contribution in [1.82, 2.24) is 14.7 Å². The van der Waals surface area contributed by atoms with Crippen LogP contribution >= 0.6 is 0 Å². The van der Waals surface area contributed by atoms with Crippen LogP contribution in [-0.4, -0.2) is 43.7 Å². The molecule has 3 rings (SSSR count). The molecule has 1 aromatic heterocycles. The second-order valence-corrected chi connectivity index (χ2v) is 6.53. The molecule has 0 radical (unpaired) electrons. The summed E-state index contributed by atoms with van der Waals surface area (Å²) in [6.45, 7) is 2.46. The van der Waals surface area contributed by atoms with E-state index >= 15 is 0 Å². The Morgan fingerprint density at radius 2 is 2.14 bits per heavy atom. The van der Waals surface area contributed by atoms with E-state index in [-0.39, 0.29) is 11.9 Å². The molecule has 6 heteroatoms. The van der Waals surface area contributed by atoms with Crippen LogP contribution in [0.3, 0.4) is 0 Å². The topological polar surface area (TPSA) is 75.4 Å². The first-order chi connectivity index (χ1) is 10.6. The van der Waals surface area contributed by atoms with E-state index in [1.807, 2.05) is 13.1 Å². The minimum absolute atomic E-state index is 0.0463. The summed E-state index contributed by atoms with van der Waals surface area (Å²) in [7, 11) is 0. The van der Waals surface area contributed by atoms with Crippen molar-refractivity contribution in [3.63, 3.8) is 0 Å². The molecule has 1 saturated heterocycles. The molecule has 1 N–H and O–H groups in total. The van der Waals surface area contributed by atoms with Crippen LogP contribution in [0, 0.1) is 12.8 Å². The van der Waals surface area contributed by atoms with Crippen molar-refractivity contribution in [2.45, 2.75) is 64.1 Å². The van der Waals surface area contributed by atoms with Crippen molar-refractivity contribution >= 4 is 11.9 Å². The molecule has 22 heavy (non-hydrogen) atoms. The number of likely N-dealkylation sites (tertiary alicyclic amines) is 1. The SMILES string of the molecule is Cc1cnn(CCC(=O)N2[C@@H]3CCCC[C@H]3C[C@H]2C(=O)O)c1. The van der Waals surface area contributed by atoms with E-state index in [0.717, 1.165) is 31.2 Å². The highest BCUT2D eigenvalue weighted by Crippen LogP contribution is 2.40. The third kappa shape index (κ3) is 2.87. The quantitative estimate of drug-likeness (QED) is 0.920. The van der Waals surface area contributed by atoms with Gasteiger partial charge in [0.05, 0.1) is 6.20 Å². The molecule has 2 aliphatic rings. The Hall–Kier alpha value is -1.85. The highest BCUT2D eigenvalue weighted by molar-refractivity contribution is 5.84. The van der Waals surface area contributed by atoms with E-state index in [1.54, 1.807) is 15.8 Å². The lowest BCUT2D eigenvalue weighted by Crippen LogP contribution is -2.46. The van der Waals surface area contributed by atoms with Gasteiger partial charge >= 0.3 is 5.97 Å². The molecular formula is C16H23N3O3. The third-order valence-corrected chi connectivity index (χ3v) is 4.98. The van der Waals surface area contributed by atoms with E-state index in [2.05, 4.69) is 5.10 Å². The van der Waals surface area contributed by atoms with Crippen molar-refractivity contribution in [1.29, 1.82) is 0 Å². The van der Waals surface area contributed by atoms with Gasteiger partial charge in [-0.25, -0.2) is 4.79 Å². The van der Waals surface area contributed by atoms with Gasteiger partial charge in [0.25, 0.3) is 0 Å². The van der Waals surface area contributed by atoms with Crippen molar-refractivity contribution in [2.24, 2.45) is 5.92 Å². The van der Waals surface area contributed by atoms with Crippen LogP contribution in [0.25, 0.3) is 0 Å². The first-order valence-electron chi connectivity index (χ1n) is 8.09. The minimum Gasteiger partial charge on any atom is -0.480 e. The maximum atomic E-state index is 12.6. The summed E-state index contributed by atoms with van der Waals surface area (Å²) >= 11 is 0. The summed E-state index contributed by atoms with van der Waals surface area (Å²) in [5.74, 6) is -0.543. The van der Waals surface area contributed by atoms with Gasteiger partial charge < -0.3 is 10.0 Å². The monoisotopic (exact) mass is 305 g/mol. The Labute approximate surface area is 130 Å². The summed E-state index contributed by atoms with van der Waals surface area (Å²) in [6.07, 6.45) is 8.84. The molecule has 1 aliphatic carbocycles. The molecule has 6 nitrogen and oxygen atoms in total. The van der Waals surface area contributed by atoms with Gasteiger partial charge in [0.1, 0.15) is 6.04 Å². The number of amides is 1. The van der Waals surface area contributed by atoms with Crippen LogP contribution in [0.2, 0.25) is 0 Å². The first-order valence-corrected chi connectivity index (χ1v) is 8.09. The largest absolute Gasteiger partial charge is 0.480 e. The number of hydrogen-bond donors (Lipinski definition) is 1. The average molecular weight is 305 g/mol. The fraction of sp³-hybridized carbons (Fsp3) is 0.688. The van der Waals surface area contributed by atoms with Gasteiger partial charge in [-0.1, -0.05) is 12.8 Å². The molecule has 0 spiro atoms. The number of aryl methyl sites for hydroxylation is 2. The summed E-state index contributed by atoms with van der Waals surface area (Å²) in [5.41, 5.74) is 1.06. The Kier molecular flexibility index (Phi) is 4.18. The number of carboxylic acids is 1. The number of aromatic nitrogens is 2. The highest BCUT2D eigenvalue weighted by Gasteiger charge is 2.47. The van der Waals surface area contributed by atoms with Crippen LogP contribution in [0.1, 0.15) is 44.1 Å².